The standard InChI is InChI=1S/C15H18N6O4/c1-10-8-12(19-25-10)16-14(23)9-20-4-6-21(7-5-20)15(24)11-2-3-13(22)18-17-11/h2-3,8H,4-7,9H2,1H3,(H,18,22)(H,16,19,23). The Balaban J connectivity index is 1.48. The number of hydrogen-bond acceptors (Lipinski definition) is 7. The molecule has 2 N–H and O–H groups in total. The van der Waals surface area contributed by atoms with E-state index in [4.69, 9.17) is 4.52 Å². The Bertz CT molecular complexity index is 801. The molecule has 0 aromatic carbocycles. The largest absolute Gasteiger partial charge is 0.360 e. The number of rotatable bonds is 4. The van der Waals surface area contributed by atoms with E-state index in [1.165, 1.54) is 12.1 Å². The van der Waals surface area contributed by atoms with Crippen LogP contribution in [0.1, 0.15) is 16.2 Å². The van der Waals surface area contributed by atoms with Crippen molar-refractivity contribution in [2.75, 3.05) is 38.0 Å². The summed E-state index contributed by atoms with van der Waals surface area (Å²) in [7, 11) is 0. The smallest absolute Gasteiger partial charge is 0.274 e. The van der Waals surface area contributed by atoms with E-state index in [0.717, 1.165) is 0 Å². The van der Waals surface area contributed by atoms with Gasteiger partial charge in [-0.15, -0.1) is 0 Å². The predicted molar refractivity (Wildman–Crippen MR) is 87.1 cm³/mol. The average molecular weight is 346 g/mol. The molecule has 0 aliphatic carbocycles. The van der Waals surface area contributed by atoms with Gasteiger partial charge in [0.1, 0.15) is 11.5 Å². The van der Waals surface area contributed by atoms with Crippen LogP contribution in [0.5, 0.6) is 0 Å². The second-order valence-electron chi connectivity index (χ2n) is 5.75. The van der Waals surface area contributed by atoms with E-state index >= 15 is 0 Å². The number of anilines is 1. The van der Waals surface area contributed by atoms with Gasteiger partial charge in [0.05, 0.1) is 6.54 Å². The van der Waals surface area contributed by atoms with Crippen LogP contribution < -0.4 is 10.9 Å². The van der Waals surface area contributed by atoms with Gasteiger partial charge < -0.3 is 14.7 Å². The van der Waals surface area contributed by atoms with Crippen LogP contribution >= 0.6 is 0 Å². The van der Waals surface area contributed by atoms with Crippen LogP contribution in [-0.4, -0.2) is 69.7 Å². The minimum atomic E-state index is -0.352. The van der Waals surface area contributed by atoms with Crippen molar-refractivity contribution in [1.82, 2.24) is 25.2 Å². The van der Waals surface area contributed by atoms with Crippen LogP contribution in [-0.2, 0) is 4.79 Å². The minimum Gasteiger partial charge on any atom is -0.360 e. The van der Waals surface area contributed by atoms with Gasteiger partial charge in [-0.2, -0.15) is 5.10 Å². The summed E-state index contributed by atoms with van der Waals surface area (Å²) < 4.78 is 4.89. The highest BCUT2D eigenvalue weighted by molar-refractivity contribution is 5.92. The minimum absolute atomic E-state index is 0.185. The van der Waals surface area contributed by atoms with E-state index in [-0.39, 0.29) is 29.6 Å². The van der Waals surface area contributed by atoms with Crippen LogP contribution in [0.15, 0.2) is 27.5 Å². The first kappa shape index (κ1) is 16.8. The molecule has 132 valence electrons. The normalized spacial score (nSPS) is 15.2. The summed E-state index contributed by atoms with van der Waals surface area (Å²) in [6.07, 6.45) is 0. The van der Waals surface area contributed by atoms with Gasteiger partial charge in [-0.05, 0) is 13.0 Å². The number of aromatic amines is 1. The van der Waals surface area contributed by atoms with Crippen molar-refractivity contribution in [3.8, 4) is 0 Å². The molecular formula is C15H18N6O4. The van der Waals surface area contributed by atoms with Crippen LogP contribution in [0.25, 0.3) is 0 Å². The first-order valence-electron chi connectivity index (χ1n) is 7.82. The fraction of sp³-hybridized carbons (Fsp3) is 0.400. The zero-order chi connectivity index (χ0) is 17.8. The molecule has 25 heavy (non-hydrogen) atoms. The molecule has 10 heteroatoms. The van der Waals surface area contributed by atoms with Gasteiger partial charge in [-0.1, -0.05) is 5.16 Å². The maximum absolute atomic E-state index is 12.3. The summed E-state index contributed by atoms with van der Waals surface area (Å²) in [6.45, 7) is 4.06. The second kappa shape index (κ2) is 7.26. The maximum atomic E-state index is 12.3. The van der Waals surface area contributed by atoms with Crippen molar-refractivity contribution in [3.05, 3.63) is 40.0 Å². The van der Waals surface area contributed by atoms with E-state index in [2.05, 4.69) is 20.7 Å². The number of hydrogen-bond donors (Lipinski definition) is 2. The Morgan fingerprint density at radius 2 is 2.04 bits per heavy atom. The Labute approximate surface area is 142 Å². The molecule has 1 fully saturated rings. The highest BCUT2D eigenvalue weighted by Gasteiger charge is 2.24. The highest BCUT2D eigenvalue weighted by atomic mass is 16.5. The Morgan fingerprint density at radius 3 is 2.64 bits per heavy atom. The lowest BCUT2D eigenvalue weighted by Gasteiger charge is -2.33. The molecule has 1 aliphatic rings. The van der Waals surface area contributed by atoms with Gasteiger partial charge >= 0.3 is 0 Å². The van der Waals surface area contributed by atoms with Crippen molar-refractivity contribution in [2.24, 2.45) is 0 Å². The summed E-state index contributed by atoms with van der Waals surface area (Å²) in [5.41, 5.74) is -0.151. The zero-order valence-corrected chi connectivity index (χ0v) is 13.7. The number of aromatic nitrogens is 3. The summed E-state index contributed by atoms with van der Waals surface area (Å²) in [5.74, 6) is 0.590. The van der Waals surface area contributed by atoms with E-state index < -0.39 is 0 Å². The lowest BCUT2D eigenvalue weighted by atomic mass is 10.2. The monoisotopic (exact) mass is 346 g/mol. The van der Waals surface area contributed by atoms with Crippen LogP contribution in [0, 0.1) is 6.92 Å². The fourth-order valence-corrected chi connectivity index (χ4v) is 2.55. The third-order valence-corrected chi connectivity index (χ3v) is 3.82. The number of nitrogens with zero attached hydrogens (tertiary/aromatic N) is 4. The lowest BCUT2D eigenvalue weighted by molar-refractivity contribution is -0.117. The summed E-state index contributed by atoms with van der Waals surface area (Å²) in [4.78, 5) is 38.9. The predicted octanol–water partition coefficient (Wildman–Crippen LogP) is -0.537. The third kappa shape index (κ3) is 4.29. The molecule has 2 amide bonds. The molecule has 2 aromatic heterocycles. The van der Waals surface area contributed by atoms with Crippen molar-refractivity contribution >= 4 is 17.6 Å². The molecule has 0 radical (unpaired) electrons. The van der Waals surface area contributed by atoms with Crippen LogP contribution in [0.4, 0.5) is 5.82 Å². The molecule has 0 saturated carbocycles. The fourth-order valence-electron chi connectivity index (χ4n) is 2.55. The number of amides is 2. The molecule has 3 heterocycles. The average Bonchev–Trinajstić information content (AvgIpc) is 3.00. The number of nitrogens with one attached hydrogen (secondary N) is 2. The number of H-pyrrole nitrogens is 1. The van der Waals surface area contributed by atoms with Crippen molar-refractivity contribution in [1.29, 1.82) is 0 Å². The number of carbonyl (C=O) groups is 2. The van der Waals surface area contributed by atoms with Gasteiger partial charge in [-0.25, -0.2) is 5.10 Å². The van der Waals surface area contributed by atoms with Crippen LogP contribution in [0.2, 0.25) is 0 Å². The van der Waals surface area contributed by atoms with E-state index in [1.807, 2.05) is 4.90 Å². The molecule has 1 saturated heterocycles. The highest BCUT2D eigenvalue weighted by Crippen LogP contribution is 2.09. The molecule has 1 aliphatic heterocycles. The molecule has 0 bridgehead atoms. The van der Waals surface area contributed by atoms with Gasteiger partial charge in [0, 0.05) is 38.3 Å². The summed E-state index contributed by atoms with van der Waals surface area (Å²) in [5, 5.41) is 12.4. The van der Waals surface area contributed by atoms with E-state index in [1.54, 1.807) is 17.9 Å². The molecular weight excluding hydrogens is 328 g/mol. The van der Waals surface area contributed by atoms with Gasteiger partial charge in [0.15, 0.2) is 5.82 Å². The van der Waals surface area contributed by atoms with E-state index in [9.17, 15) is 14.4 Å². The van der Waals surface area contributed by atoms with Crippen LogP contribution in [0.3, 0.4) is 0 Å². The van der Waals surface area contributed by atoms with Gasteiger partial charge in [0.25, 0.3) is 11.5 Å². The number of piperazine rings is 1. The first-order valence-corrected chi connectivity index (χ1v) is 7.82. The molecule has 0 atom stereocenters. The first-order chi connectivity index (χ1) is 12.0. The molecule has 2 aromatic rings. The Kier molecular flexibility index (Phi) is 4.89. The maximum Gasteiger partial charge on any atom is 0.274 e. The lowest BCUT2D eigenvalue weighted by Crippen LogP contribution is -2.50. The van der Waals surface area contributed by atoms with Gasteiger partial charge in [-0.3, -0.25) is 19.3 Å². The molecule has 3 rings (SSSR count). The summed E-state index contributed by atoms with van der Waals surface area (Å²) >= 11 is 0. The van der Waals surface area contributed by atoms with E-state index in [0.29, 0.717) is 37.8 Å². The number of aryl methyl sites for hydroxylation is 1. The molecule has 0 unspecified atom stereocenters. The van der Waals surface area contributed by atoms with Gasteiger partial charge in [0.2, 0.25) is 5.91 Å². The molecule has 10 nitrogen and oxygen atoms in total. The zero-order valence-electron chi connectivity index (χ0n) is 13.7. The topological polar surface area (TPSA) is 124 Å². The van der Waals surface area contributed by atoms with Crippen molar-refractivity contribution in [3.63, 3.8) is 0 Å². The van der Waals surface area contributed by atoms with Crippen molar-refractivity contribution < 1.29 is 14.1 Å². The summed E-state index contributed by atoms with van der Waals surface area (Å²) in [6, 6.07) is 4.32. The molecule has 0 spiro atoms. The second-order valence-corrected chi connectivity index (χ2v) is 5.75. The Morgan fingerprint density at radius 1 is 1.28 bits per heavy atom. The number of carbonyl (C=O) groups excluding carboxylic acids is 2. The Hall–Kier alpha value is -3.01. The van der Waals surface area contributed by atoms with Crippen molar-refractivity contribution in [2.45, 2.75) is 6.92 Å². The quantitative estimate of drug-likeness (QED) is 0.762. The third-order valence-electron chi connectivity index (χ3n) is 3.82. The SMILES string of the molecule is Cc1cc(NC(=O)CN2CCN(C(=O)c3ccc(=O)[nH]n3)CC2)no1.